The molecule has 0 heterocycles. The summed E-state index contributed by atoms with van der Waals surface area (Å²) in [6.45, 7) is 0.661. The summed E-state index contributed by atoms with van der Waals surface area (Å²) in [7, 11) is 0. The van der Waals surface area contributed by atoms with E-state index in [1.54, 1.807) is 0 Å². The minimum absolute atomic E-state index is 0.198. The van der Waals surface area contributed by atoms with Crippen LogP contribution in [0.5, 0.6) is 0 Å². The third-order valence-electron chi connectivity index (χ3n) is 4.46. The van der Waals surface area contributed by atoms with Gasteiger partial charge in [0.05, 0.1) is 11.7 Å². The van der Waals surface area contributed by atoms with Crippen LogP contribution in [0.1, 0.15) is 64.2 Å². The summed E-state index contributed by atoms with van der Waals surface area (Å²) in [5, 5.41) is 23.9. The van der Waals surface area contributed by atoms with Crippen LogP contribution < -0.4 is 5.32 Å². The van der Waals surface area contributed by atoms with Crippen molar-refractivity contribution in [2.24, 2.45) is 0 Å². The van der Waals surface area contributed by atoms with Gasteiger partial charge in [-0.15, -0.1) is 0 Å². The van der Waals surface area contributed by atoms with Gasteiger partial charge in [0.15, 0.2) is 0 Å². The molecule has 2 fully saturated rings. The average molecular weight is 241 g/mol. The van der Waals surface area contributed by atoms with Crippen molar-refractivity contribution in [2.75, 3.05) is 6.54 Å². The lowest BCUT2D eigenvalue weighted by atomic mass is 9.84. The van der Waals surface area contributed by atoms with E-state index in [4.69, 9.17) is 0 Å². The maximum Gasteiger partial charge on any atom is 0.0771 e. The zero-order valence-corrected chi connectivity index (χ0v) is 10.8. The van der Waals surface area contributed by atoms with Gasteiger partial charge in [-0.2, -0.15) is 0 Å². The highest BCUT2D eigenvalue weighted by atomic mass is 16.3. The molecule has 0 aromatic heterocycles. The van der Waals surface area contributed by atoms with Gasteiger partial charge in [0.25, 0.3) is 0 Å². The van der Waals surface area contributed by atoms with Crippen molar-refractivity contribution in [3.05, 3.63) is 0 Å². The van der Waals surface area contributed by atoms with Gasteiger partial charge in [-0.25, -0.2) is 0 Å². The Morgan fingerprint density at radius 3 is 2.35 bits per heavy atom. The van der Waals surface area contributed by atoms with Crippen molar-refractivity contribution in [1.29, 1.82) is 0 Å². The number of rotatable bonds is 3. The smallest absolute Gasteiger partial charge is 0.0771 e. The number of hydrogen-bond donors (Lipinski definition) is 3. The van der Waals surface area contributed by atoms with Gasteiger partial charge in [0, 0.05) is 12.6 Å². The van der Waals surface area contributed by atoms with Crippen LogP contribution in [0.3, 0.4) is 0 Å². The van der Waals surface area contributed by atoms with Crippen molar-refractivity contribution in [3.8, 4) is 0 Å². The minimum atomic E-state index is -0.510. The molecule has 0 spiro atoms. The van der Waals surface area contributed by atoms with E-state index in [0.717, 1.165) is 44.9 Å². The predicted octanol–water partition coefficient (Wildman–Crippen LogP) is 1.96. The first kappa shape index (κ1) is 13.3. The van der Waals surface area contributed by atoms with Crippen molar-refractivity contribution in [2.45, 2.75) is 82.0 Å². The van der Waals surface area contributed by atoms with Crippen LogP contribution in [-0.4, -0.2) is 34.5 Å². The van der Waals surface area contributed by atoms with E-state index in [0.29, 0.717) is 6.54 Å². The first-order valence-electron chi connectivity index (χ1n) is 7.33. The molecule has 2 aliphatic carbocycles. The lowest BCUT2D eigenvalue weighted by Gasteiger charge is -2.34. The molecule has 3 nitrogen and oxygen atoms in total. The fourth-order valence-corrected chi connectivity index (χ4v) is 3.23. The van der Waals surface area contributed by atoms with E-state index in [2.05, 4.69) is 5.32 Å². The summed E-state index contributed by atoms with van der Waals surface area (Å²) in [5.74, 6) is 0. The lowest BCUT2D eigenvalue weighted by Crippen LogP contribution is -2.49. The molecule has 2 saturated carbocycles. The molecule has 0 aliphatic heterocycles. The molecule has 3 N–H and O–H groups in total. The van der Waals surface area contributed by atoms with E-state index >= 15 is 0 Å². The van der Waals surface area contributed by atoms with Gasteiger partial charge in [0.1, 0.15) is 0 Å². The van der Waals surface area contributed by atoms with Crippen molar-refractivity contribution in [1.82, 2.24) is 5.32 Å². The Hall–Kier alpha value is -0.120. The van der Waals surface area contributed by atoms with Crippen LogP contribution in [0, 0.1) is 0 Å². The van der Waals surface area contributed by atoms with E-state index in [-0.39, 0.29) is 12.1 Å². The van der Waals surface area contributed by atoms with E-state index in [9.17, 15) is 10.2 Å². The van der Waals surface area contributed by atoms with E-state index in [1.165, 1.54) is 19.3 Å². The standard InChI is InChI=1S/C14H27NO2/c16-13-8-4-1-3-7-12(13)15-11-14(17)9-5-2-6-10-14/h12-13,15-17H,1-11H2. The second kappa shape index (κ2) is 6.17. The molecule has 0 amide bonds. The second-order valence-corrected chi connectivity index (χ2v) is 5.98. The summed E-state index contributed by atoms with van der Waals surface area (Å²) < 4.78 is 0. The average Bonchev–Trinajstić information content (AvgIpc) is 2.53. The molecule has 0 saturated heterocycles. The molecule has 100 valence electrons. The minimum Gasteiger partial charge on any atom is -0.392 e. The molecule has 0 aromatic carbocycles. The molecule has 2 rings (SSSR count). The van der Waals surface area contributed by atoms with Gasteiger partial charge in [-0.1, -0.05) is 38.5 Å². The molecule has 2 atom stereocenters. The van der Waals surface area contributed by atoms with Crippen LogP contribution in [0.2, 0.25) is 0 Å². The van der Waals surface area contributed by atoms with Crippen molar-refractivity contribution < 1.29 is 10.2 Å². The highest BCUT2D eigenvalue weighted by Crippen LogP contribution is 2.28. The Morgan fingerprint density at radius 1 is 0.941 bits per heavy atom. The Bertz CT molecular complexity index is 226. The molecular weight excluding hydrogens is 214 g/mol. The number of aliphatic hydroxyl groups excluding tert-OH is 1. The Morgan fingerprint density at radius 2 is 1.59 bits per heavy atom. The fraction of sp³-hybridized carbons (Fsp3) is 1.00. The molecule has 0 radical (unpaired) electrons. The van der Waals surface area contributed by atoms with E-state index in [1.807, 2.05) is 0 Å². The molecular formula is C14H27NO2. The predicted molar refractivity (Wildman–Crippen MR) is 68.9 cm³/mol. The molecule has 2 aliphatic rings. The van der Waals surface area contributed by atoms with Gasteiger partial charge in [-0.3, -0.25) is 0 Å². The van der Waals surface area contributed by atoms with Crippen molar-refractivity contribution >= 4 is 0 Å². The van der Waals surface area contributed by atoms with Crippen LogP contribution in [0.15, 0.2) is 0 Å². The molecule has 0 aromatic rings. The normalized spacial score (nSPS) is 34.2. The Kier molecular flexibility index (Phi) is 4.83. The van der Waals surface area contributed by atoms with Gasteiger partial charge < -0.3 is 15.5 Å². The number of nitrogens with one attached hydrogen (secondary N) is 1. The van der Waals surface area contributed by atoms with Gasteiger partial charge in [0.2, 0.25) is 0 Å². The zero-order chi connectivity index (χ0) is 12.1. The van der Waals surface area contributed by atoms with Crippen molar-refractivity contribution in [3.63, 3.8) is 0 Å². The summed E-state index contributed by atoms with van der Waals surface area (Å²) in [6, 6.07) is 0.198. The third-order valence-corrected chi connectivity index (χ3v) is 4.46. The summed E-state index contributed by atoms with van der Waals surface area (Å²) in [6.07, 6.45) is 10.7. The van der Waals surface area contributed by atoms with E-state index < -0.39 is 5.60 Å². The fourth-order valence-electron chi connectivity index (χ4n) is 3.23. The SMILES string of the molecule is OC1CCCCCC1NCC1(O)CCCCC1. The maximum atomic E-state index is 10.4. The van der Waals surface area contributed by atoms with Crippen LogP contribution >= 0.6 is 0 Å². The zero-order valence-electron chi connectivity index (χ0n) is 10.8. The Labute approximate surface area is 105 Å². The second-order valence-electron chi connectivity index (χ2n) is 5.98. The Balaban J connectivity index is 1.79. The molecule has 3 heteroatoms. The highest BCUT2D eigenvalue weighted by Gasteiger charge is 2.31. The van der Waals surface area contributed by atoms with Crippen LogP contribution in [0.25, 0.3) is 0 Å². The number of aliphatic hydroxyl groups is 2. The van der Waals surface area contributed by atoms with Gasteiger partial charge >= 0.3 is 0 Å². The maximum absolute atomic E-state index is 10.4. The van der Waals surface area contributed by atoms with Gasteiger partial charge in [-0.05, 0) is 25.7 Å². The first-order valence-corrected chi connectivity index (χ1v) is 7.33. The first-order chi connectivity index (χ1) is 8.20. The highest BCUT2D eigenvalue weighted by molar-refractivity contribution is 4.88. The molecule has 17 heavy (non-hydrogen) atoms. The topological polar surface area (TPSA) is 52.5 Å². The van der Waals surface area contributed by atoms with Crippen LogP contribution in [0.4, 0.5) is 0 Å². The largest absolute Gasteiger partial charge is 0.392 e. The molecule has 0 bridgehead atoms. The quantitative estimate of drug-likeness (QED) is 0.662. The van der Waals surface area contributed by atoms with Crippen LogP contribution in [-0.2, 0) is 0 Å². The summed E-state index contributed by atoms with van der Waals surface area (Å²) in [5.41, 5.74) is -0.510. The monoisotopic (exact) mass is 241 g/mol. The summed E-state index contributed by atoms with van der Waals surface area (Å²) in [4.78, 5) is 0. The third kappa shape index (κ3) is 3.94. The summed E-state index contributed by atoms with van der Waals surface area (Å²) >= 11 is 0. The number of hydrogen-bond acceptors (Lipinski definition) is 3. The lowest BCUT2D eigenvalue weighted by molar-refractivity contribution is -0.00302. The molecule has 2 unspecified atom stereocenters.